The second kappa shape index (κ2) is 7.78. The summed E-state index contributed by atoms with van der Waals surface area (Å²) < 4.78 is 4.82. The molecule has 142 valence electrons. The Hall–Kier alpha value is -2.25. The van der Waals surface area contributed by atoms with Crippen molar-refractivity contribution >= 4 is 17.0 Å². The molecule has 27 heavy (non-hydrogen) atoms. The number of aromatic nitrogens is 3. The minimum atomic E-state index is 0.557. The average Bonchev–Trinajstić information content (AvgIpc) is 3.30. The van der Waals surface area contributed by atoms with Crippen molar-refractivity contribution in [3.8, 4) is 11.3 Å². The number of hydrogen-bond acceptors (Lipinski definition) is 7. The predicted molar refractivity (Wildman–Crippen MR) is 108 cm³/mol. The molecular formula is C20H25N5OS. The molecule has 0 spiro atoms. The molecule has 1 aromatic carbocycles. The normalized spacial score (nSPS) is 15.6. The van der Waals surface area contributed by atoms with Crippen LogP contribution < -0.4 is 4.90 Å². The van der Waals surface area contributed by atoms with Crippen LogP contribution in [-0.4, -0.2) is 46.4 Å². The highest BCUT2D eigenvalue weighted by molar-refractivity contribution is 7.09. The van der Waals surface area contributed by atoms with Gasteiger partial charge in [-0.2, -0.15) is 0 Å². The van der Waals surface area contributed by atoms with Crippen LogP contribution >= 0.6 is 11.3 Å². The van der Waals surface area contributed by atoms with Crippen LogP contribution in [0.4, 0.5) is 5.69 Å². The van der Waals surface area contributed by atoms with Crippen molar-refractivity contribution in [1.29, 1.82) is 0 Å². The lowest BCUT2D eigenvalue weighted by atomic mass is 10.0. The van der Waals surface area contributed by atoms with Crippen LogP contribution in [0, 0.1) is 13.8 Å². The maximum absolute atomic E-state index is 4.82. The molecule has 7 heteroatoms. The Labute approximate surface area is 163 Å². The molecule has 1 aliphatic rings. The van der Waals surface area contributed by atoms with E-state index in [-0.39, 0.29) is 0 Å². The molecule has 2 aromatic heterocycles. The van der Waals surface area contributed by atoms with Crippen molar-refractivity contribution < 1.29 is 4.63 Å². The Morgan fingerprint density at radius 2 is 2.04 bits per heavy atom. The van der Waals surface area contributed by atoms with E-state index in [9.17, 15) is 0 Å². The maximum atomic E-state index is 4.82. The third-order valence-corrected chi connectivity index (χ3v) is 6.13. The molecule has 3 aromatic rings. The van der Waals surface area contributed by atoms with E-state index in [1.54, 1.807) is 11.3 Å². The van der Waals surface area contributed by atoms with Gasteiger partial charge in [0.2, 0.25) is 0 Å². The van der Waals surface area contributed by atoms with E-state index in [1.165, 1.54) is 11.3 Å². The maximum Gasteiger partial charge on any atom is 0.122 e. The van der Waals surface area contributed by atoms with Crippen LogP contribution in [0.3, 0.4) is 0 Å². The molecule has 1 aliphatic heterocycles. The van der Waals surface area contributed by atoms with E-state index in [1.807, 2.05) is 6.92 Å². The highest BCUT2D eigenvalue weighted by Crippen LogP contribution is 2.28. The smallest absolute Gasteiger partial charge is 0.122 e. The molecular weight excluding hydrogens is 358 g/mol. The quantitative estimate of drug-likeness (QED) is 0.666. The molecule has 0 aliphatic carbocycles. The van der Waals surface area contributed by atoms with Gasteiger partial charge in [0.05, 0.1) is 10.7 Å². The largest absolute Gasteiger partial charge is 0.371 e. The van der Waals surface area contributed by atoms with E-state index in [0.29, 0.717) is 6.04 Å². The van der Waals surface area contributed by atoms with Crippen molar-refractivity contribution in [3.05, 3.63) is 46.0 Å². The lowest BCUT2D eigenvalue weighted by Crippen LogP contribution is -2.43. The van der Waals surface area contributed by atoms with Crippen LogP contribution in [0.1, 0.15) is 29.2 Å². The average molecular weight is 384 g/mol. The summed E-state index contributed by atoms with van der Waals surface area (Å²) in [6.45, 7) is 6.91. The standard InChI is InChI=1S/C20H25N5OS/c1-14-19(23-26-22-14)12-24(3)17-7-9-25(10-8-17)18-6-4-5-16(11-18)20-13-27-15(2)21-20/h4-6,11,13,17H,7-10,12H2,1-3H3. The van der Waals surface area contributed by atoms with Crippen molar-refractivity contribution in [2.24, 2.45) is 0 Å². The summed E-state index contributed by atoms with van der Waals surface area (Å²) in [7, 11) is 2.17. The summed E-state index contributed by atoms with van der Waals surface area (Å²) in [6, 6.07) is 9.31. The van der Waals surface area contributed by atoms with E-state index in [2.05, 4.69) is 68.7 Å². The number of piperidine rings is 1. The second-order valence-corrected chi connectivity index (χ2v) is 8.29. The first-order chi connectivity index (χ1) is 13.1. The summed E-state index contributed by atoms with van der Waals surface area (Å²) in [4.78, 5) is 9.48. The number of rotatable bonds is 5. The second-order valence-electron chi connectivity index (χ2n) is 7.23. The third kappa shape index (κ3) is 4.04. The minimum absolute atomic E-state index is 0.557. The number of nitrogens with zero attached hydrogens (tertiary/aromatic N) is 5. The van der Waals surface area contributed by atoms with Gasteiger partial charge >= 0.3 is 0 Å². The number of hydrogen-bond donors (Lipinski definition) is 0. The lowest BCUT2D eigenvalue weighted by molar-refractivity contribution is 0.194. The van der Waals surface area contributed by atoms with Crippen LogP contribution in [-0.2, 0) is 6.54 Å². The molecule has 0 amide bonds. The highest BCUT2D eigenvalue weighted by Gasteiger charge is 2.24. The molecule has 3 heterocycles. The van der Waals surface area contributed by atoms with E-state index in [4.69, 9.17) is 4.63 Å². The molecule has 0 saturated carbocycles. The Balaban J connectivity index is 1.38. The van der Waals surface area contributed by atoms with Crippen LogP contribution in [0.15, 0.2) is 34.3 Å². The Bertz CT molecular complexity index is 897. The van der Waals surface area contributed by atoms with Crippen molar-refractivity contribution in [1.82, 2.24) is 20.2 Å². The molecule has 0 atom stereocenters. The molecule has 6 nitrogen and oxygen atoms in total. The fraction of sp³-hybridized carbons (Fsp3) is 0.450. The van der Waals surface area contributed by atoms with E-state index in [0.717, 1.165) is 54.6 Å². The molecule has 0 radical (unpaired) electrons. The molecule has 0 bridgehead atoms. The summed E-state index contributed by atoms with van der Waals surface area (Å²) in [5, 5.41) is 11.1. The third-order valence-electron chi connectivity index (χ3n) is 5.36. The SMILES string of the molecule is Cc1nc(-c2cccc(N3CCC(N(C)Cc4nonc4C)CC3)c2)cs1. The molecule has 1 saturated heterocycles. The Morgan fingerprint density at radius 1 is 1.22 bits per heavy atom. The summed E-state index contributed by atoms with van der Waals surface area (Å²) >= 11 is 1.70. The molecule has 1 fully saturated rings. The molecule has 0 unspecified atom stereocenters. The zero-order valence-corrected chi connectivity index (χ0v) is 16.9. The topological polar surface area (TPSA) is 58.3 Å². The van der Waals surface area contributed by atoms with Gasteiger partial charge in [0.25, 0.3) is 0 Å². The summed E-state index contributed by atoms with van der Waals surface area (Å²) in [5.74, 6) is 0. The number of anilines is 1. The zero-order chi connectivity index (χ0) is 18.8. The molecule has 0 N–H and O–H groups in total. The fourth-order valence-corrected chi connectivity index (χ4v) is 4.30. The lowest BCUT2D eigenvalue weighted by Gasteiger charge is -2.37. The summed E-state index contributed by atoms with van der Waals surface area (Å²) in [5.41, 5.74) is 5.38. The predicted octanol–water partition coefficient (Wildman–Crippen LogP) is 3.91. The zero-order valence-electron chi connectivity index (χ0n) is 16.1. The monoisotopic (exact) mass is 383 g/mol. The van der Waals surface area contributed by atoms with Crippen LogP contribution in [0.5, 0.6) is 0 Å². The van der Waals surface area contributed by atoms with Crippen molar-refractivity contribution in [3.63, 3.8) is 0 Å². The number of aryl methyl sites for hydroxylation is 2. The first-order valence-corrected chi connectivity index (χ1v) is 10.2. The van der Waals surface area contributed by atoms with Gasteiger partial charge in [-0.1, -0.05) is 22.4 Å². The van der Waals surface area contributed by atoms with Gasteiger partial charge in [-0.25, -0.2) is 9.61 Å². The first-order valence-electron chi connectivity index (χ1n) is 9.36. The van der Waals surface area contributed by atoms with Gasteiger partial charge in [-0.15, -0.1) is 11.3 Å². The van der Waals surface area contributed by atoms with Crippen molar-refractivity contribution in [2.45, 2.75) is 39.3 Å². The van der Waals surface area contributed by atoms with Crippen LogP contribution in [0.2, 0.25) is 0 Å². The minimum Gasteiger partial charge on any atom is -0.371 e. The fourth-order valence-electron chi connectivity index (χ4n) is 3.68. The van der Waals surface area contributed by atoms with Gasteiger partial charge in [-0.05, 0) is 45.9 Å². The van der Waals surface area contributed by atoms with Crippen LogP contribution in [0.25, 0.3) is 11.3 Å². The van der Waals surface area contributed by atoms with Gasteiger partial charge < -0.3 is 4.90 Å². The molecule has 4 rings (SSSR count). The first kappa shape index (κ1) is 18.1. The Kier molecular flexibility index (Phi) is 5.22. The highest BCUT2D eigenvalue weighted by atomic mass is 32.1. The summed E-state index contributed by atoms with van der Waals surface area (Å²) in [6.07, 6.45) is 2.28. The van der Waals surface area contributed by atoms with Gasteiger partial charge in [0, 0.05) is 42.3 Å². The van der Waals surface area contributed by atoms with Crippen molar-refractivity contribution in [2.75, 3.05) is 25.0 Å². The van der Waals surface area contributed by atoms with Gasteiger partial charge in [0.15, 0.2) is 0 Å². The van der Waals surface area contributed by atoms with Gasteiger partial charge in [-0.3, -0.25) is 4.90 Å². The Morgan fingerprint density at radius 3 is 2.70 bits per heavy atom. The van der Waals surface area contributed by atoms with Gasteiger partial charge in [0.1, 0.15) is 11.4 Å². The number of benzene rings is 1. The van der Waals surface area contributed by atoms with E-state index < -0.39 is 0 Å². The number of thiazole rings is 1. The van der Waals surface area contributed by atoms with E-state index >= 15 is 0 Å².